The van der Waals surface area contributed by atoms with Gasteiger partial charge in [0, 0.05) is 5.02 Å². The van der Waals surface area contributed by atoms with Gasteiger partial charge in [-0.05, 0) is 65.4 Å². The van der Waals surface area contributed by atoms with Crippen molar-refractivity contribution < 1.29 is 9.53 Å². The van der Waals surface area contributed by atoms with E-state index in [0.29, 0.717) is 21.6 Å². The number of rotatable bonds is 5. The van der Waals surface area contributed by atoms with E-state index in [-0.39, 0.29) is 5.91 Å². The van der Waals surface area contributed by atoms with E-state index in [9.17, 15) is 4.79 Å². The number of ether oxygens (including phenoxy) is 1. The third-order valence-electron chi connectivity index (χ3n) is 4.54. The Morgan fingerprint density at radius 3 is 2.37 bits per heavy atom. The predicted octanol–water partition coefficient (Wildman–Crippen LogP) is 6.15. The van der Waals surface area contributed by atoms with Crippen molar-refractivity contribution in [1.29, 1.82) is 0 Å². The van der Waals surface area contributed by atoms with Crippen molar-refractivity contribution in [3.63, 3.8) is 0 Å². The molecule has 4 nitrogen and oxygen atoms in total. The van der Waals surface area contributed by atoms with Gasteiger partial charge in [-0.2, -0.15) is 0 Å². The number of nitrogens with zero attached hydrogens (tertiary/aromatic N) is 2. The van der Waals surface area contributed by atoms with Crippen LogP contribution in [0.4, 0.5) is 5.69 Å². The predicted molar refractivity (Wildman–Crippen MR) is 124 cm³/mol. The van der Waals surface area contributed by atoms with Crippen LogP contribution in [-0.4, -0.2) is 23.1 Å². The summed E-state index contributed by atoms with van der Waals surface area (Å²) in [7, 11) is 1.63. The maximum absolute atomic E-state index is 13.2. The van der Waals surface area contributed by atoms with Gasteiger partial charge in [0.15, 0.2) is 5.17 Å². The summed E-state index contributed by atoms with van der Waals surface area (Å²) in [5, 5.41) is 1.32. The Hall–Kier alpha value is -3.02. The molecular formula is C24H19ClN2O2S. The van der Waals surface area contributed by atoms with Gasteiger partial charge < -0.3 is 4.74 Å². The number of benzene rings is 3. The van der Waals surface area contributed by atoms with Crippen LogP contribution in [0.5, 0.6) is 5.75 Å². The minimum atomic E-state index is -0.0690. The standard InChI is InChI=1S/C24H19ClN2O2S/c1-29-21-13-9-18(10-14-21)16-27-23(28)22(15-17-7-11-19(25)12-8-17)30-24(27)26-20-5-3-2-4-6-20/h2-15H,16H2,1H3. The van der Waals surface area contributed by atoms with Gasteiger partial charge in [0.2, 0.25) is 0 Å². The largest absolute Gasteiger partial charge is 0.497 e. The fourth-order valence-electron chi connectivity index (χ4n) is 2.97. The summed E-state index contributed by atoms with van der Waals surface area (Å²) in [6.07, 6.45) is 1.87. The second-order valence-electron chi connectivity index (χ2n) is 6.63. The zero-order chi connectivity index (χ0) is 20.9. The smallest absolute Gasteiger partial charge is 0.267 e. The Morgan fingerprint density at radius 2 is 1.70 bits per heavy atom. The van der Waals surface area contributed by atoms with Gasteiger partial charge in [-0.15, -0.1) is 0 Å². The van der Waals surface area contributed by atoms with Crippen molar-refractivity contribution in [1.82, 2.24) is 4.90 Å². The molecule has 0 atom stereocenters. The molecule has 6 heteroatoms. The SMILES string of the molecule is COc1ccc(CN2C(=O)C(=Cc3ccc(Cl)cc3)SC2=Nc2ccccc2)cc1. The monoisotopic (exact) mass is 434 g/mol. The van der Waals surface area contributed by atoms with Crippen LogP contribution in [0.3, 0.4) is 0 Å². The summed E-state index contributed by atoms with van der Waals surface area (Å²) in [4.78, 5) is 20.3. The highest BCUT2D eigenvalue weighted by atomic mass is 35.5. The third kappa shape index (κ3) is 4.75. The number of methoxy groups -OCH3 is 1. The molecule has 0 bridgehead atoms. The van der Waals surface area contributed by atoms with Gasteiger partial charge in [-0.25, -0.2) is 4.99 Å². The minimum Gasteiger partial charge on any atom is -0.497 e. The van der Waals surface area contributed by atoms with Crippen LogP contribution in [-0.2, 0) is 11.3 Å². The number of para-hydroxylation sites is 1. The van der Waals surface area contributed by atoms with E-state index >= 15 is 0 Å². The van der Waals surface area contributed by atoms with Crippen molar-refractivity contribution in [2.75, 3.05) is 7.11 Å². The van der Waals surface area contributed by atoms with E-state index in [1.165, 1.54) is 11.8 Å². The fourth-order valence-corrected chi connectivity index (χ4v) is 4.09. The average molecular weight is 435 g/mol. The lowest BCUT2D eigenvalue weighted by molar-refractivity contribution is -0.122. The van der Waals surface area contributed by atoms with Crippen LogP contribution in [0.15, 0.2) is 88.8 Å². The van der Waals surface area contributed by atoms with Crippen molar-refractivity contribution in [2.24, 2.45) is 4.99 Å². The molecule has 1 aliphatic heterocycles. The van der Waals surface area contributed by atoms with E-state index < -0.39 is 0 Å². The highest BCUT2D eigenvalue weighted by Gasteiger charge is 2.33. The van der Waals surface area contributed by atoms with Gasteiger partial charge in [-0.1, -0.05) is 54.1 Å². The molecule has 1 fully saturated rings. The number of carbonyl (C=O) groups is 1. The molecule has 4 rings (SSSR count). The summed E-state index contributed by atoms with van der Waals surface area (Å²) >= 11 is 7.35. The van der Waals surface area contributed by atoms with Crippen molar-refractivity contribution in [2.45, 2.75) is 6.54 Å². The van der Waals surface area contributed by atoms with Crippen LogP contribution in [0.25, 0.3) is 6.08 Å². The van der Waals surface area contributed by atoms with Crippen molar-refractivity contribution in [3.05, 3.63) is 99.9 Å². The van der Waals surface area contributed by atoms with E-state index in [0.717, 1.165) is 22.6 Å². The molecule has 1 aliphatic rings. The number of amidine groups is 1. The Morgan fingerprint density at radius 1 is 1.00 bits per heavy atom. The molecule has 3 aromatic rings. The number of thioether (sulfide) groups is 1. The molecule has 1 amide bonds. The fraction of sp³-hybridized carbons (Fsp3) is 0.0833. The minimum absolute atomic E-state index is 0.0690. The van der Waals surface area contributed by atoms with Crippen LogP contribution in [0.2, 0.25) is 5.02 Å². The quantitative estimate of drug-likeness (QED) is 0.452. The van der Waals surface area contributed by atoms with Crippen LogP contribution >= 0.6 is 23.4 Å². The first-order valence-electron chi connectivity index (χ1n) is 9.36. The van der Waals surface area contributed by atoms with E-state index in [1.807, 2.05) is 84.9 Å². The lowest BCUT2D eigenvalue weighted by atomic mass is 10.2. The lowest BCUT2D eigenvalue weighted by Crippen LogP contribution is -2.28. The van der Waals surface area contributed by atoms with Crippen molar-refractivity contribution in [3.8, 4) is 5.75 Å². The summed E-state index contributed by atoms with van der Waals surface area (Å²) in [6.45, 7) is 0.430. The molecule has 0 unspecified atom stereocenters. The molecular weight excluding hydrogens is 416 g/mol. The summed E-state index contributed by atoms with van der Waals surface area (Å²) in [5.41, 5.74) is 2.72. The molecule has 0 saturated carbocycles. The maximum Gasteiger partial charge on any atom is 0.267 e. The first-order chi connectivity index (χ1) is 14.6. The molecule has 1 heterocycles. The van der Waals surface area contributed by atoms with E-state index in [1.54, 1.807) is 12.0 Å². The molecule has 0 spiro atoms. The van der Waals surface area contributed by atoms with Gasteiger partial charge in [0.25, 0.3) is 5.91 Å². The average Bonchev–Trinajstić information content (AvgIpc) is 3.05. The first kappa shape index (κ1) is 20.3. The summed E-state index contributed by atoms with van der Waals surface area (Å²) < 4.78 is 5.23. The zero-order valence-corrected chi connectivity index (χ0v) is 17.9. The number of hydrogen-bond acceptors (Lipinski definition) is 4. The van der Waals surface area contributed by atoms with Crippen LogP contribution in [0, 0.1) is 0 Å². The topological polar surface area (TPSA) is 41.9 Å². The second-order valence-corrected chi connectivity index (χ2v) is 8.08. The van der Waals surface area contributed by atoms with E-state index in [4.69, 9.17) is 21.3 Å². The number of carbonyl (C=O) groups excluding carboxylic acids is 1. The molecule has 3 aromatic carbocycles. The summed E-state index contributed by atoms with van der Waals surface area (Å²) in [5.74, 6) is 0.711. The Kier molecular flexibility index (Phi) is 6.21. The van der Waals surface area contributed by atoms with Gasteiger partial charge >= 0.3 is 0 Å². The summed E-state index contributed by atoms with van der Waals surface area (Å²) in [6, 6.07) is 24.7. The third-order valence-corrected chi connectivity index (χ3v) is 5.80. The second kappa shape index (κ2) is 9.20. The molecule has 30 heavy (non-hydrogen) atoms. The van der Waals surface area contributed by atoms with Crippen molar-refractivity contribution >= 4 is 46.2 Å². The highest BCUT2D eigenvalue weighted by Crippen LogP contribution is 2.35. The molecule has 0 aliphatic carbocycles. The highest BCUT2D eigenvalue weighted by molar-refractivity contribution is 8.18. The Bertz CT molecular complexity index is 1090. The number of amides is 1. The molecule has 0 radical (unpaired) electrons. The van der Waals surface area contributed by atoms with Gasteiger partial charge in [-0.3, -0.25) is 9.69 Å². The molecule has 150 valence electrons. The van der Waals surface area contributed by atoms with Gasteiger partial charge in [0.05, 0.1) is 24.2 Å². The van der Waals surface area contributed by atoms with Crippen LogP contribution in [0.1, 0.15) is 11.1 Å². The van der Waals surface area contributed by atoms with Crippen LogP contribution < -0.4 is 4.74 Å². The first-order valence-corrected chi connectivity index (χ1v) is 10.6. The Labute approximate surface area is 184 Å². The van der Waals surface area contributed by atoms with Gasteiger partial charge in [0.1, 0.15) is 5.75 Å². The molecule has 0 N–H and O–H groups in total. The number of halogens is 1. The number of aliphatic imine (C=N–C) groups is 1. The zero-order valence-electron chi connectivity index (χ0n) is 16.3. The lowest BCUT2D eigenvalue weighted by Gasteiger charge is -2.16. The Balaban J connectivity index is 1.66. The molecule has 1 saturated heterocycles. The normalized spacial score (nSPS) is 16.5. The number of hydrogen-bond donors (Lipinski definition) is 0. The maximum atomic E-state index is 13.2. The molecule has 0 aromatic heterocycles. The van der Waals surface area contributed by atoms with E-state index in [2.05, 4.69) is 0 Å².